The zero-order valence-electron chi connectivity index (χ0n) is 13.2. The highest BCUT2D eigenvalue weighted by molar-refractivity contribution is 5.96. The Bertz CT molecular complexity index is 518. The first-order valence-electron chi connectivity index (χ1n) is 8.34. The molecule has 0 bridgehead atoms. The first-order valence-corrected chi connectivity index (χ1v) is 8.34. The van der Waals surface area contributed by atoms with Gasteiger partial charge in [-0.15, -0.1) is 0 Å². The van der Waals surface area contributed by atoms with E-state index in [4.69, 9.17) is 0 Å². The van der Waals surface area contributed by atoms with Gasteiger partial charge in [0.25, 0.3) is 5.91 Å². The highest BCUT2D eigenvalue weighted by atomic mass is 16.2. The van der Waals surface area contributed by atoms with Crippen LogP contribution in [0.15, 0.2) is 18.2 Å². The molecule has 0 radical (unpaired) electrons. The molecular formula is C18H26N2O. The molecule has 2 aliphatic rings. The van der Waals surface area contributed by atoms with E-state index in [2.05, 4.69) is 23.2 Å². The van der Waals surface area contributed by atoms with E-state index < -0.39 is 0 Å². The number of rotatable bonds is 7. The predicted molar refractivity (Wildman–Crippen MR) is 86.7 cm³/mol. The second kappa shape index (κ2) is 6.08. The van der Waals surface area contributed by atoms with Crippen LogP contribution in [0.1, 0.15) is 54.9 Å². The smallest absolute Gasteiger partial charge is 0.254 e. The largest absolute Gasteiger partial charge is 0.385 e. The van der Waals surface area contributed by atoms with Crippen molar-refractivity contribution in [3.8, 4) is 0 Å². The van der Waals surface area contributed by atoms with Crippen molar-refractivity contribution in [2.75, 3.05) is 18.4 Å². The normalized spacial score (nSPS) is 17.6. The Hall–Kier alpha value is -1.51. The van der Waals surface area contributed by atoms with Gasteiger partial charge in [-0.3, -0.25) is 4.79 Å². The Morgan fingerprint density at radius 3 is 2.62 bits per heavy atom. The van der Waals surface area contributed by atoms with E-state index in [0.29, 0.717) is 6.04 Å². The van der Waals surface area contributed by atoms with E-state index in [1.54, 1.807) is 0 Å². The lowest BCUT2D eigenvalue weighted by Gasteiger charge is -2.23. The standard InChI is InChI=1S/C18H26N2O/c1-3-10-19-15-6-9-17(13(2)11-15)18(21)20(16-7-8-16)12-14-4-5-14/h6,9,11,14,16,19H,3-5,7-8,10,12H2,1-2H3. The number of carbonyl (C=O) groups is 1. The Kier molecular flexibility index (Phi) is 4.18. The number of benzene rings is 1. The molecule has 2 aliphatic carbocycles. The fourth-order valence-electron chi connectivity index (χ4n) is 2.80. The van der Waals surface area contributed by atoms with Gasteiger partial charge in [-0.1, -0.05) is 6.92 Å². The number of hydrogen-bond acceptors (Lipinski definition) is 2. The van der Waals surface area contributed by atoms with Crippen molar-refractivity contribution in [3.05, 3.63) is 29.3 Å². The topological polar surface area (TPSA) is 32.3 Å². The van der Waals surface area contributed by atoms with Gasteiger partial charge in [0.2, 0.25) is 0 Å². The van der Waals surface area contributed by atoms with E-state index in [0.717, 1.165) is 42.2 Å². The summed E-state index contributed by atoms with van der Waals surface area (Å²) < 4.78 is 0. The van der Waals surface area contributed by atoms with Gasteiger partial charge in [0, 0.05) is 30.4 Å². The summed E-state index contributed by atoms with van der Waals surface area (Å²) >= 11 is 0. The zero-order chi connectivity index (χ0) is 14.8. The molecule has 21 heavy (non-hydrogen) atoms. The van der Waals surface area contributed by atoms with Gasteiger partial charge in [0.1, 0.15) is 0 Å². The molecule has 0 aromatic heterocycles. The van der Waals surface area contributed by atoms with Crippen LogP contribution in [0.3, 0.4) is 0 Å². The summed E-state index contributed by atoms with van der Waals surface area (Å²) in [6.45, 7) is 6.15. The van der Waals surface area contributed by atoms with Crippen LogP contribution in [0.5, 0.6) is 0 Å². The lowest BCUT2D eigenvalue weighted by atomic mass is 10.1. The highest BCUT2D eigenvalue weighted by Gasteiger charge is 2.37. The van der Waals surface area contributed by atoms with Crippen molar-refractivity contribution in [3.63, 3.8) is 0 Å². The van der Waals surface area contributed by atoms with E-state index in [-0.39, 0.29) is 5.91 Å². The fraction of sp³-hybridized carbons (Fsp3) is 0.611. The van der Waals surface area contributed by atoms with Crippen LogP contribution >= 0.6 is 0 Å². The maximum atomic E-state index is 12.8. The third-order valence-electron chi connectivity index (χ3n) is 4.44. The van der Waals surface area contributed by atoms with Crippen LogP contribution in [0.2, 0.25) is 0 Å². The van der Waals surface area contributed by atoms with Crippen molar-refractivity contribution in [2.24, 2.45) is 5.92 Å². The molecule has 114 valence electrons. The fourth-order valence-corrected chi connectivity index (χ4v) is 2.80. The molecule has 0 unspecified atom stereocenters. The monoisotopic (exact) mass is 286 g/mol. The zero-order valence-corrected chi connectivity index (χ0v) is 13.2. The molecule has 1 N–H and O–H groups in total. The quantitative estimate of drug-likeness (QED) is 0.826. The first kappa shape index (κ1) is 14.4. The Labute approximate surface area is 127 Å². The molecule has 0 heterocycles. The molecule has 3 nitrogen and oxygen atoms in total. The molecule has 0 atom stereocenters. The van der Waals surface area contributed by atoms with Gasteiger partial charge in [-0.05, 0) is 68.7 Å². The van der Waals surface area contributed by atoms with Crippen LogP contribution in [0.25, 0.3) is 0 Å². The Morgan fingerprint density at radius 1 is 1.29 bits per heavy atom. The maximum Gasteiger partial charge on any atom is 0.254 e. The predicted octanol–water partition coefficient (Wildman–Crippen LogP) is 3.83. The number of nitrogens with one attached hydrogen (secondary N) is 1. The molecule has 2 fully saturated rings. The summed E-state index contributed by atoms with van der Waals surface area (Å²) in [5.41, 5.74) is 3.08. The molecule has 0 spiro atoms. The molecule has 1 amide bonds. The van der Waals surface area contributed by atoms with Crippen molar-refractivity contribution in [1.82, 2.24) is 4.90 Å². The second-order valence-electron chi connectivity index (χ2n) is 6.59. The number of amides is 1. The van der Waals surface area contributed by atoms with Crippen molar-refractivity contribution < 1.29 is 4.79 Å². The van der Waals surface area contributed by atoms with Crippen LogP contribution in [0.4, 0.5) is 5.69 Å². The van der Waals surface area contributed by atoms with Gasteiger partial charge in [-0.25, -0.2) is 0 Å². The van der Waals surface area contributed by atoms with Crippen LogP contribution < -0.4 is 5.32 Å². The number of hydrogen-bond donors (Lipinski definition) is 1. The third kappa shape index (κ3) is 3.58. The summed E-state index contributed by atoms with van der Waals surface area (Å²) in [5, 5.41) is 3.38. The lowest BCUT2D eigenvalue weighted by molar-refractivity contribution is 0.0734. The minimum atomic E-state index is 0.240. The van der Waals surface area contributed by atoms with Gasteiger partial charge in [-0.2, -0.15) is 0 Å². The molecule has 0 aliphatic heterocycles. The lowest BCUT2D eigenvalue weighted by Crippen LogP contribution is -2.35. The van der Waals surface area contributed by atoms with Gasteiger partial charge >= 0.3 is 0 Å². The number of aryl methyl sites for hydroxylation is 1. The number of carbonyl (C=O) groups excluding carboxylic acids is 1. The van der Waals surface area contributed by atoms with Crippen LogP contribution in [0, 0.1) is 12.8 Å². The summed E-state index contributed by atoms with van der Waals surface area (Å²) in [6.07, 6.45) is 6.09. The van der Waals surface area contributed by atoms with E-state index in [9.17, 15) is 4.79 Å². The second-order valence-corrected chi connectivity index (χ2v) is 6.59. The first-order chi connectivity index (χ1) is 10.2. The van der Waals surface area contributed by atoms with Crippen LogP contribution in [-0.2, 0) is 0 Å². The highest BCUT2D eigenvalue weighted by Crippen LogP contribution is 2.36. The molecule has 0 saturated heterocycles. The van der Waals surface area contributed by atoms with Crippen molar-refractivity contribution in [2.45, 2.75) is 52.0 Å². The number of nitrogens with zero attached hydrogens (tertiary/aromatic N) is 1. The summed E-state index contributed by atoms with van der Waals surface area (Å²) in [6, 6.07) is 6.65. The van der Waals surface area contributed by atoms with Crippen LogP contribution in [-0.4, -0.2) is 29.9 Å². The minimum absolute atomic E-state index is 0.240. The average Bonchev–Trinajstić information content (AvgIpc) is 3.35. The van der Waals surface area contributed by atoms with Gasteiger partial charge < -0.3 is 10.2 Å². The summed E-state index contributed by atoms with van der Waals surface area (Å²) in [7, 11) is 0. The van der Waals surface area contributed by atoms with Crippen molar-refractivity contribution >= 4 is 11.6 Å². The molecule has 3 heteroatoms. The minimum Gasteiger partial charge on any atom is -0.385 e. The maximum absolute atomic E-state index is 12.8. The Morgan fingerprint density at radius 2 is 2.05 bits per heavy atom. The molecule has 1 aromatic rings. The molecular weight excluding hydrogens is 260 g/mol. The average molecular weight is 286 g/mol. The SMILES string of the molecule is CCCNc1ccc(C(=O)N(CC2CC2)C2CC2)c(C)c1. The third-order valence-corrected chi connectivity index (χ3v) is 4.44. The number of anilines is 1. The van der Waals surface area contributed by atoms with Gasteiger partial charge in [0.05, 0.1) is 0 Å². The van der Waals surface area contributed by atoms with E-state index in [1.807, 2.05) is 19.1 Å². The van der Waals surface area contributed by atoms with E-state index in [1.165, 1.54) is 25.7 Å². The van der Waals surface area contributed by atoms with E-state index >= 15 is 0 Å². The molecule has 2 saturated carbocycles. The molecule has 1 aromatic carbocycles. The van der Waals surface area contributed by atoms with Crippen molar-refractivity contribution in [1.29, 1.82) is 0 Å². The molecule has 3 rings (SSSR count). The summed E-state index contributed by atoms with van der Waals surface area (Å²) in [4.78, 5) is 15.0. The Balaban J connectivity index is 1.72. The summed E-state index contributed by atoms with van der Waals surface area (Å²) in [5.74, 6) is 1.00. The van der Waals surface area contributed by atoms with Gasteiger partial charge in [0.15, 0.2) is 0 Å².